The van der Waals surface area contributed by atoms with Gasteiger partial charge >= 0.3 is 6.18 Å². The number of fused-ring (bicyclic) bond motifs is 1. The summed E-state index contributed by atoms with van der Waals surface area (Å²) >= 11 is 0. The second kappa shape index (κ2) is 8.08. The maximum Gasteiger partial charge on any atom is 0.417 e. The number of carbonyl (C=O) groups excluding carboxylic acids is 1. The first-order valence-electron chi connectivity index (χ1n) is 8.69. The van der Waals surface area contributed by atoms with E-state index in [1.165, 1.54) is 13.3 Å². The van der Waals surface area contributed by atoms with Crippen molar-refractivity contribution < 1.29 is 27.8 Å². The first kappa shape index (κ1) is 20.6. The van der Waals surface area contributed by atoms with Crippen LogP contribution in [0.2, 0.25) is 0 Å². The normalized spacial score (nSPS) is 11.7. The van der Waals surface area contributed by atoms with Gasteiger partial charge in [0.15, 0.2) is 0 Å². The van der Waals surface area contributed by atoms with E-state index in [4.69, 9.17) is 9.84 Å². The van der Waals surface area contributed by atoms with E-state index in [0.717, 1.165) is 17.8 Å². The van der Waals surface area contributed by atoms with Gasteiger partial charge in [-0.1, -0.05) is 0 Å². The highest BCUT2D eigenvalue weighted by Gasteiger charge is 2.32. The predicted octanol–water partition coefficient (Wildman–Crippen LogP) is 2.54. The minimum Gasteiger partial charge on any atom is -0.481 e. The molecule has 10 heteroatoms. The molecule has 0 aliphatic heterocycles. The van der Waals surface area contributed by atoms with E-state index in [0.29, 0.717) is 11.0 Å². The van der Waals surface area contributed by atoms with Gasteiger partial charge in [0, 0.05) is 30.7 Å². The molecule has 0 aliphatic rings. The van der Waals surface area contributed by atoms with Crippen molar-refractivity contribution >= 4 is 16.9 Å². The van der Waals surface area contributed by atoms with Crippen LogP contribution in [-0.2, 0) is 12.7 Å². The summed E-state index contributed by atoms with van der Waals surface area (Å²) < 4.78 is 46.1. The molecule has 3 heterocycles. The zero-order valence-electron chi connectivity index (χ0n) is 15.7. The Morgan fingerprint density at radius 3 is 2.69 bits per heavy atom. The molecule has 1 amide bonds. The molecule has 3 rings (SSSR count). The van der Waals surface area contributed by atoms with Gasteiger partial charge in [0.25, 0.3) is 5.91 Å². The Bertz CT molecular complexity index is 1050. The molecule has 0 aliphatic carbocycles. The molecule has 7 nitrogen and oxygen atoms in total. The lowest BCUT2D eigenvalue weighted by Gasteiger charge is -2.13. The van der Waals surface area contributed by atoms with E-state index < -0.39 is 17.6 Å². The fraction of sp³-hybridized carbons (Fsp3) is 0.316. The second-order valence-corrected chi connectivity index (χ2v) is 6.42. The van der Waals surface area contributed by atoms with E-state index in [1.807, 2.05) is 6.92 Å². The van der Waals surface area contributed by atoms with Gasteiger partial charge in [-0.05, 0) is 24.6 Å². The average molecular weight is 408 g/mol. The van der Waals surface area contributed by atoms with Crippen LogP contribution < -0.4 is 10.1 Å². The third-order valence-corrected chi connectivity index (χ3v) is 4.28. The van der Waals surface area contributed by atoms with Crippen LogP contribution in [0.1, 0.15) is 27.0 Å². The van der Waals surface area contributed by atoms with Crippen LogP contribution in [0.3, 0.4) is 0 Å². The lowest BCUT2D eigenvalue weighted by atomic mass is 10.2. The van der Waals surface area contributed by atoms with Crippen molar-refractivity contribution in [3.8, 4) is 5.88 Å². The first-order chi connectivity index (χ1) is 13.7. The molecular formula is C19H19F3N4O3. The number of amides is 1. The summed E-state index contributed by atoms with van der Waals surface area (Å²) in [5, 5.41) is 11.5. The van der Waals surface area contributed by atoms with Crippen LogP contribution in [0.5, 0.6) is 5.88 Å². The van der Waals surface area contributed by atoms with Crippen LogP contribution in [0.25, 0.3) is 11.0 Å². The van der Waals surface area contributed by atoms with Gasteiger partial charge in [0.2, 0.25) is 5.88 Å². The molecule has 3 aromatic rings. The number of halogens is 3. The van der Waals surface area contributed by atoms with E-state index in [-0.39, 0.29) is 36.7 Å². The smallest absolute Gasteiger partial charge is 0.417 e. The number of pyridine rings is 2. The quantitative estimate of drug-likeness (QED) is 0.654. The fourth-order valence-electron chi connectivity index (χ4n) is 2.96. The Kier molecular flexibility index (Phi) is 5.73. The van der Waals surface area contributed by atoms with Gasteiger partial charge in [-0.2, -0.15) is 13.2 Å². The van der Waals surface area contributed by atoms with Crippen LogP contribution in [0.15, 0.2) is 30.7 Å². The maximum atomic E-state index is 13.1. The maximum absolute atomic E-state index is 13.1. The van der Waals surface area contributed by atoms with Crippen molar-refractivity contribution in [3.05, 3.63) is 53.0 Å². The van der Waals surface area contributed by atoms with E-state index >= 15 is 0 Å². The molecule has 0 unspecified atom stereocenters. The molecule has 3 aromatic heterocycles. The fourth-order valence-corrected chi connectivity index (χ4v) is 2.96. The number of aliphatic hydroxyl groups is 1. The van der Waals surface area contributed by atoms with Crippen LogP contribution in [-0.4, -0.2) is 45.8 Å². The zero-order chi connectivity index (χ0) is 21.2. The number of ether oxygens (including phenoxy) is 1. The number of rotatable bonds is 6. The molecule has 29 heavy (non-hydrogen) atoms. The number of aromatic nitrogens is 3. The van der Waals surface area contributed by atoms with Crippen molar-refractivity contribution in [2.45, 2.75) is 19.6 Å². The third-order valence-electron chi connectivity index (χ3n) is 4.28. The van der Waals surface area contributed by atoms with Gasteiger partial charge < -0.3 is 19.7 Å². The van der Waals surface area contributed by atoms with Crippen molar-refractivity contribution in [1.82, 2.24) is 19.9 Å². The number of hydrogen-bond donors (Lipinski definition) is 2. The molecule has 0 saturated carbocycles. The molecule has 154 valence electrons. The SMILES string of the molecule is COc1ncc(C(F)(F)F)cc1Cn1cc(C(=O)NCCO)c2ncc(C)cc21. The highest BCUT2D eigenvalue weighted by molar-refractivity contribution is 6.05. The summed E-state index contributed by atoms with van der Waals surface area (Å²) in [4.78, 5) is 20.5. The standard InChI is InChI=1S/C19H19F3N4O3/c1-11-5-15-16(24-7-11)14(17(28)23-3-4-27)10-26(15)9-12-6-13(19(20,21)22)8-25-18(12)29-2/h5-8,10,27H,3-4,9H2,1-2H3,(H,23,28). The Labute approximate surface area is 164 Å². The molecule has 0 saturated heterocycles. The summed E-state index contributed by atoms with van der Waals surface area (Å²) in [5.74, 6) is -0.375. The Morgan fingerprint density at radius 1 is 1.28 bits per heavy atom. The van der Waals surface area contributed by atoms with Crippen molar-refractivity contribution in [1.29, 1.82) is 0 Å². The lowest BCUT2D eigenvalue weighted by Crippen LogP contribution is -2.26. The Balaban J connectivity index is 2.09. The number of carbonyl (C=O) groups is 1. The second-order valence-electron chi connectivity index (χ2n) is 6.42. The number of nitrogens with zero attached hydrogens (tertiary/aromatic N) is 3. The molecule has 2 N–H and O–H groups in total. The van der Waals surface area contributed by atoms with Crippen LogP contribution in [0.4, 0.5) is 13.2 Å². The zero-order valence-corrected chi connectivity index (χ0v) is 15.7. The number of aliphatic hydroxyl groups excluding tert-OH is 1. The van der Waals surface area contributed by atoms with Gasteiger partial charge in [0.05, 0.1) is 36.9 Å². The number of alkyl halides is 3. The minimum absolute atomic E-state index is 0.00495. The topological polar surface area (TPSA) is 89.3 Å². The first-order valence-corrected chi connectivity index (χ1v) is 8.69. The van der Waals surface area contributed by atoms with Crippen molar-refractivity contribution in [3.63, 3.8) is 0 Å². The molecule has 0 atom stereocenters. The predicted molar refractivity (Wildman–Crippen MR) is 98.8 cm³/mol. The minimum atomic E-state index is -4.54. The van der Waals surface area contributed by atoms with Gasteiger partial charge in [-0.25, -0.2) is 4.98 Å². The summed E-state index contributed by atoms with van der Waals surface area (Å²) in [6.07, 6.45) is -0.707. The van der Waals surface area contributed by atoms with Crippen LogP contribution in [0, 0.1) is 6.92 Å². The number of methoxy groups -OCH3 is 1. The van der Waals surface area contributed by atoms with E-state index in [9.17, 15) is 18.0 Å². The third kappa shape index (κ3) is 4.32. The van der Waals surface area contributed by atoms with Gasteiger partial charge in [-0.3, -0.25) is 9.78 Å². The number of aryl methyl sites for hydroxylation is 1. The molecular weight excluding hydrogens is 389 g/mol. The van der Waals surface area contributed by atoms with E-state index in [1.54, 1.807) is 16.8 Å². The van der Waals surface area contributed by atoms with E-state index in [2.05, 4.69) is 15.3 Å². The summed E-state index contributed by atoms with van der Waals surface area (Å²) in [6, 6.07) is 2.77. The lowest BCUT2D eigenvalue weighted by molar-refractivity contribution is -0.137. The summed E-state index contributed by atoms with van der Waals surface area (Å²) in [5.41, 5.74) is 1.40. The monoisotopic (exact) mass is 408 g/mol. The van der Waals surface area contributed by atoms with Crippen molar-refractivity contribution in [2.75, 3.05) is 20.3 Å². The molecule has 0 bridgehead atoms. The Hall–Kier alpha value is -3.14. The largest absolute Gasteiger partial charge is 0.481 e. The van der Waals surface area contributed by atoms with Gasteiger partial charge in [-0.15, -0.1) is 0 Å². The number of nitrogens with one attached hydrogen (secondary N) is 1. The number of hydrogen-bond acceptors (Lipinski definition) is 5. The highest BCUT2D eigenvalue weighted by Crippen LogP contribution is 2.32. The molecule has 0 spiro atoms. The highest BCUT2D eigenvalue weighted by atomic mass is 19.4. The van der Waals surface area contributed by atoms with Gasteiger partial charge in [0.1, 0.15) is 5.52 Å². The van der Waals surface area contributed by atoms with Crippen LogP contribution >= 0.6 is 0 Å². The summed E-state index contributed by atoms with van der Waals surface area (Å²) in [6.45, 7) is 1.67. The summed E-state index contributed by atoms with van der Waals surface area (Å²) in [7, 11) is 1.33. The van der Waals surface area contributed by atoms with Crippen molar-refractivity contribution in [2.24, 2.45) is 0 Å². The Morgan fingerprint density at radius 2 is 2.03 bits per heavy atom. The molecule has 0 radical (unpaired) electrons. The molecule has 0 aromatic carbocycles. The molecule has 0 fully saturated rings. The average Bonchev–Trinajstić information content (AvgIpc) is 3.03.